The third kappa shape index (κ3) is 2.55. The molecule has 2 heterocycles. The number of benzene rings is 1. The van der Waals surface area contributed by atoms with Crippen LogP contribution < -0.4 is 5.73 Å². The summed E-state index contributed by atoms with van der Waals surface area (Å²) >= 11 is 6.04. The number of hydrogen-bond acceptors (Lipinski definition) is 5. The minimum absolute atomic E-state index is 0.188. The molecule has 3 rings (SSSR count). The molecule has 116 valence electrons. The largest absolute Gasteiger partial charge is 0.383 e. The Morgan fingerprint density at radius 1 is 1.32 bits per heavy atom. The Labute approximate surface area is 134 Å². The molecule has 1 aromatic carbocycles. The summed E-state index contributed by atoms with van der Waals surface area (Å²) < 4.78 is 26.9. The van der Waals surface area contributed by atoms with Crippen LogP contribution in [0.1, 0.15) is 16.8 Å². The summed E-state index contributed by atoms with van der Waals surface area (Å²) in [5, 5.41) is 0.435. The molecule has 0 saturated heterocycles. The van der Waals surface area contributed by atoms with Crippen LogP contribution in [0.3, 0.4) is 0 Å². The normalized spacial score (nSPS) is 15.5. The Kier molecular flexibility index (Phi) is 3.80. The van der Waals surface area contributed by atoms with Gasteiger partial charge in [0, 0.05) is 17.1 Å². The van der Waals surface area contributed by atoms with Crippen LogP contribution in [0.4, 0.5) is 5.82 Å². The minimum atomic E-state index is -3.61. The Morgan fingerprint density at radius 2 is 2.09 bits per heavy atom. The number of aromatic nitrogens is 2. The van der Waals surface area contributed by atoms with Gasteiger partial charge in [0.25, 0.3) is 0 Å². The summed E-state index contributed by atoms with van der Waals surface area (Å²) in [6.45, 7) is 2.36. The van der Waals surface area contributed by atoms with Crippen LogP contribution in [-0.2, 0) is 23.0 Å². The van der Waals surface area contributed by atoms with E-state index in [0.717, 1.165) is 11.1 Å². The van der Waals surface area contributed by atoms with E-state index in [0.29, 0.717) is 29.5 Å². The van der Waals surface area contributed by atoms with Crippen molar-refractivity contribution in [2.75, 3.05) is 12.3 Å². The maximum atomic E-state index is 12.7. The van der Waals surface area contributed by atoms with E-state index in [9.17, 15) is 8.42 Å². The van der Waals surface area contributed by atoms with Gasteiger partial charge in [-0.25, -0.2) is 18.4 Å². The first-order valence-electron chi connectivity index (χ1n) is 6.74. The van der Waals surface area contributed by atoms with Crippen molar-refractivity contribution in [1.82, 2.24) is 14.3 Å². The Balaban J connectivity index is 1.96. The van der Waals surface area contributed by atoms with Gasteiger partial charge in [0.15, 0.2) is 0 Å². The van der Waals surface area contributed by atoms with E-state index in [2.05, 4.69) is 9.97 Å². The molecule has 6 nitrogen and oxygen atoms in total. The molecule has 0 fully saturated rings. The Hall–Kier alpha value is -1.70. The number of nitrogens with two attached hydrogens (primary N) is 1. The lowest BCUT2D eigenvalue weighted by Crippen LogP contribution is -2.37. The van der Waals surface area contributed by atoms with E-state index >= 15 is 0 Å². The lowest BCUT2D eigenvalue weighted by atomic mass is 10.1. The molecule has 1 aliphatic heterocycles. The van der Waals surface area contributed by atoms with Crippen molar-refractivity contribution in [2.24, 2.45) is 0 Å². The zero-order chi connectivity index (χ0) is 15.9. The highest BCUT2D eigenvalue weighted by atomic mass is 35.5. The molecular formula is C14H15ClN4O2S. The van der Waals surface area contributed by atoms with Gasteiger partial charge in [-0.2, -0.15) is 4.31 Å². The maximum Gasteiger partial charge on any atom is 0.243 e. The number of nitrogen functional groups attached to an aromatic ring is 1. The second-order valence-corrected chi connectivity index (χ2v) is 7.53. The number of fused-ring (bicyclic) bond motifs is 1. The molecule has 0 spiro atoms. The van der Waals surface area contributed by atoms with E-state index < -0.39 is 10.0 Å². The molecule has 0 saturated carbocycles. The summed E-state index contributed by atoms with van der Waals surface area (Å²) in [4.78, 5) is 8.27. The fourth-order valence-corrected chi connectivity index (χ4v) is 4.12. The molecule has 2 aromatic rings. The van der Waals surface area contributed by atoms with Crippen molar-refractivity contribution in [3.05, 3.63) is 46.4 Å². The van der Waals surface area contributed by atoms with E-state index in [1.54, 1.807) is 12.1 Å². The Bertz CT molecular complexity index is 839. The number of hydrogen-bond donors (Lipinski definition) is 1. The molecule has 0 atom stereocenters. The van der Waals surface area contributed by atoms with Gasteiger partial charge in [-0.05, 0) is 31.0 Å². The number of rotatable bonds is 2. The number of sulfonamides is 1. The highest BCUT2D eigenvalue weighted by molar-refractivity contribution is 7.89. The van der Waals surface area contributed by atoms with Crippen LogP contribution in [0.2, 0.25) is 5.02 Å². The van der Waals surface area contributed by atoms with E-state index in [1.807, 2.05) is 6.92 Å². The van der Waals surface area contributed by atoms with Crippen molar-refractivity contribution in [2.45, 2.75) is 24.8 Å². The van der Waals surface area contributed by atoms with Crippen LogP contribution in [0, 0.1) is 6.92 Å². The molecule has 2 N–H and O–H groups in total. The first kappa shape index (κ1) is 15.2. The lowest BCUT2D eigenvalue weighted by molar-refractivity contribution is 0.385. The van der Waals surface area contributed by atoms with Crippen molar-refractivity contribution in [3.8, 4) is 0 Å². The first-order valence-corrected chi connectivity index (χ1v) is 8.56. The SMILES string of the molecule is Cc1ccc(S(=O)(=O)N2CCc3c(N)ncnc3C2)cc1Cl. The third-order valence-corrected chi connectivity index (χ3v) is 6.03. The van der Waals surface area contributed by atoms with Crippen LogP contribution in [-0.4, -0.2) is 29.2 Å². The van der Waals surface area contributed by atoms with Crippen LogP contribution in [0.15, 0.2) is 29.4 Å². The molecule has 0 aliphatic carbocycles. The lowest BCUT2D eigenvalue weighted by Gasteiger charge is -2.27. The summed E-state index contributed by atoms with van der Waals surface area (Å²) in [6.07, 6.45) is 1.86. The summed E-state index contributed by atoms with van der Waals surface area (Å²) in [5.41, 5.74) is 8.13. The van der Waals surface area contributed by atoms with Gasteiger partial charge < -0.3 is 5.73 Å². The number of anilines is 1. The van der Waals surface area contributed by atoms with Gasteiger partial charge >= 0.3 is 0 Å². The van der Waals surface area contributed by atoms with Gasteiger partial charge in [0.2, 0.25) is 10.0 Å². The summed E-state index contributed by atoms with van der Waals surface area (Å²) in [6, 6.07) is 4.75. The second kappa shape index (κ2) is 5.49. The highest BCUT2D eigenvalue weighted by Crippen LogP contribution is 2.27. The van der Waals surface area contributed by atoms with Crippen LogP contribution >= 0.6 is 11.6 Å². The van der Waals surface area contributed by atoms with Crippen molar-refractivity contribution in [1.29, 1.82) is 0 Å². The molecule has 1 aromatic heterocycles. The number of halogens is 1. The van der Waals surface area contributed by atoms with E-state index in [4.69, 9.17) is 17.3 Å². The average molecular weight is 339 g/mol. The molecule has 8 heteroatoms. The summed E-state index contributed by atoms with van der Waals surface area (Å²) in [5.74, 6) is 0.417. The predicted octanol–water partition coefficient (Wildman–Crippen LogP) is 1.77. The summed E-state index contributed by atoms with van der Waals surface area (Å²) in [7, 11) is -3.61. The van der Waals surface area contributed by atoms with E-state index in [-0.39, 0.29) is 11.4 Å². The second-order valence-electron chi connectivity index (χ2n) is 5.18. The van der Waals surface area contributed by atoms with Gasteiger partial charge in [0.05, 0.1) is 17.1 Å². The van der Waals surface area contributed by atoms with Gasteiger partial charge in [-0.1, -0.05) is 17.7 Å². The zero-order valence-electron chi connectivity index (χ0n) is 12.0. The molecule has 22 heavy (non-hydrogen) atoms. The molecule has 0 amide bonds. The minimum Gasteiger partial charge on any atom is -0.383 e. The fourth-order valence-electron chi connectivity index (χ4n) is 2.44. The fraction of sp³-hybridized carbons (Fsp3) is 0.286. The monoisotopic (exact) mass is 338 g/mol. The first-order chi connectivity index (χ1) is 10.4. The van der Waals surface area contributed by atoms with Crippen molar-refractivity contribution < 1.29 is 8.42 Å². The molecular weight excluding hydrogens is 324 g/mol. The molecule has 0 bridgehead atoms. The standard InChI is InChI=1S/C14H15ClN4O2S/c1-9-2-3-10(6-12(9)15)22(20,21)19-5-4-11-13(7-19)17-8-18-14(11)16/h2-3,6,8H,4-5,7H2,1H3,(H2,16,17,18). The molecule has 1 aliphatic rings. The smallest absolute Gasteiger partial charge is 0.243 e. The molecule has 0 radical (unpaired) electrons. The van der Waals surface area contributed by atoms with Crippen molar-refractivity contribution in [3.63, 3.8) is 0 Å². The van der Waals surface area contributed by atoms with Crippen molar-refractivity contribution >= 4 is 27.4 Å². The average Bonchev–Trinajstić information content (AvgIpc) is 2.50. The predicted molar refractivity (Wildman–Crippen MR) is 83.9 cm³/mol. The quantitative estimate of drug-likeness (QED) is 0.901. The highest BCUT2D eigenvalue weighted by Gasteiger charge is 2.30. The van der Waals surface area contributed by atoms with Gasteiger partial charge in [-0.3, -0.25) is 0 Å². The maximum absolute atomic E-state index is 12.7. The molecule has 0 unspecified atom stereocenters. The number of aryl methyl sites for hydroxylation is 1. The zero-order valence-corrected chi connectivity index (χ0v) is 13.5. The van der Waals surface area contributed by atoms with Crippen LogP contribution in [0.25, 0.3) is 0 Å². The number of nitrogens with zero attached hydrogens (tertiary/aromatic N) is 3. The third-order valence-electron chi connectivity index (χ3n) is 3.79. The van der Waals surface area contributed by atoms with Crippen LogP contribution in [0.5, 0.6) is 0 Å². The van der Waals surface area contributed by atoms with Gasteiger partial charge in [0.1, 0.15) is 12.1 Å². The Morgan fingerprint density at radius 3 is 2.82 bits per heavy atom. The topological polar surface area (TPSA) is 89.2 Å². The van der Waals surface area contributed by atoms with E-state index in [1.165, 1.54) is 16.7 Å². The van der Waals surface area contributed by atoms with Gasteiger partial charge in [-0.15, -0.1) is 0 Å².